The monoisotopic (exact) mass is 426 g/mol. The number of aliphatic hydroxyl groups is 2. The number of rotatable bonds is 5. The molecule has 2 heterocycles. The Morgan fingerprint density at radius 2 is 1.90 bits per heavy atom. The largest absolute Gasteiger partial charge is 0.387 e. The summed E-state index contributed by atoms with van der Waals surface area (Å²) in [5.41, 5.74) is 2.72. The van der Waals surface area contributed by atoms with Crippen LogP contribution in [0.5, 0.6) is 0 Å². The van der Waals surface area contributed by atoms with Crippen molar-refractivity contribution in [1.29, 1.82) is 0 Å². The molecular weight excluding hydrogens is 395 g/mol. The molecule has 5 nitrogen and oxygen atoms in total. The molecule has 1 fully saturated rings. The van der Waals surface area contributed by atoms with Crippen molar-refractivity contribution in [2.24, 2.45) is 0 Å². The van der Waals surface area contributed by atoms with Crippen molar-refractivity contribution in [3.05, 3.63) is 65.0 Å². The zero-order valence-corrected chi connectivity index (χ0v) is 18.1. The number of likely N-dealkylation sites (tertiary alicyclic amines) is 1. The zero-order valence-electron chi connectivity index (χ0n) is 18.1. The number of hydrogen-bond acceptors (Lipinski definition) is 4. The number of carbonyl (C=O) groups excluding carboxylic acids is 1. The molecule has 2 aliphatic heterocycles. The Labute approximate surface area is 183 Å². The molecule has 0 aliphatic carbocycles. The van der Waals surface area contributed by atoms with E-state index < -0.39 is 11.7 Å². The van der Waals surface area contributed by atoms with Gasteiger partial charge in [0.05, 0.1) is 11.7 Å². The molecule has 1 amide bonds. The van der Waals surface area contributed by atoms with Crippen LogP contribution in [0.15, 0.2) is 42.5 Å². The van der Waals surface area contributed by atoms with Gasteiger partial charge in [-0.2, -0.15) is 0 Å². The van der Waals surface area contributed by atoms with Crippen LogP contribution in [0.3, 0.4) is 0 Å². The molecule has 31 heavy (non-hydrogen) atoms. The summed E-state index contributed by atoms with van der Waals surface area (Å²) in [5, 5.41) is 22.0. The van der Waals surface area contributed by atoms with Gasteiger partial charge in [-0.1, -0.05) is 31.2 Å². The highest BCUT2D eigenvalue weighted by molar-refractivity contribution is 5.95. The molecule has 166 valence electrons. The molecule has 0 bridgehead atoms. The fraction of sp³-hybridized carbons (Fsp3) is 0.480. The van der Waals surface area contributed by atoms with Crippen molar-refractivity contribution < 1.29 is 19.4 Å². The molecule has 2 N–H and O–H groups in total. The van der Waals surface area contributed by atoms with E-state index in [1.807, 2.05) is 30.0 Å². The van der Waals surface area contributed by atoms with Crippen molar-refractivity contribution in [2.45, 2.75) is 50.7 Å². The molecule has 1 saturated heterocycles. The topological polar surface area (TPSA) is 64.0 Å². The van der Waals surface area contributed by atoms with Crippen LogP contribution in [-0.4, -0.2) is 47.2 Å². The number of β-amino-alcohol motifs (C(OH)–C–C–N with tert-alkyl or cyclic N) is 1. The van der Waals surface area contributed by atoms with Gasteiger partial charge in [-0.05, 0) is 67.1 Å². The maximum absolute atomic E-state index is 13.3. The van der Waals surface area contributed by atoms with E-state index in [-0.39, 0.29) is 11.7 Å². The molecule has 0 aromatic heterocycles. The molecule has 2 atom stereocenters. The third-order valence-corrected chi connectivity index (χ3v) is 6.71. The second kappa shape index (κ2) is 9.07. The van der Waals surface area contributed by atoms with Gasteiger partial charge >= 0.3 is 0 Å². The SMILES string of the molecule is CCC(=O)N1CCc2cc([C@H](O)CN3CCC[C@](O)(c4ccc(F)cc4)CC3)ccc21. The van der Waals surface area contributed by atoms with E-state index in [9.17, 15) is 19.4 Å². The first-order chi connectivity index (χ1) is 14.9. The average Bonchev–Trinajstić information content (AvgIpc) is 3.11. The number of halogens is 1. The van der Waals surface area contributed by atoms with E-state index >= 15 is 0 Å². The summed E-state index contributed by atoms with van der Waals surface area (Å²) in [7, 11) is 0. The number of fused-ring (bicyclic) bond motifs is 1. The summed E-state index contributed by atoms with van der Waals surface area (Å²) >= 11 is 0. The molecule has 2 aromatic rings. The minimum absolute atomic E-state index is 0.130. The Kier molecular flexibility index (Phi) is 6.42. The van der Waals surface area contributed by atoms with Crippen LogP contribution in [-0.2, 0) is 16.8 Å². The Morgan fingerprint density at radius 3 is 2.65 bits per heavy atom. The lowest BCUT2D eigenvalue weighted by Crippen LogP contribution is -2.32. The number of aliphatic hydroxyl groups excluding tert-OH is 1. The lowest BCUT2D eigenvalue weighted by molar-refractivity contribution is -0.118. The molecule has 2 aromatic carbocycles. The van der Waals surface area contributed by atoms with E-state index in [1.54, 1.807) is 12.1 Å². The average molecular weight is 427 g/mol. The first kappa shape index (κ1) is 21.9. The van der Waals surface area contributed by atoms with Crippen molar-refractivity contribution >= 4 is 11.6 Å². The van der Waals surface area contributed by atoms with Gasteiger partial charge in [0, 0.05) is 31.7 Å². The normalized spacial score (nSPS) is 22.8. The summed E-state index contributed by atoms with van der Waals surface area (Å²) in [4.78, 5) is 16.1. The number of benzene rings is 2. The molecular formula is C25H31FN2O3. The van der Waals surface area contributed by atoms with Crippen LogP contribution in [0.25, 0.3) is 0 Å². The fourth-order valence-corrected chi connectivity index (χ4v) is 4.84. The summed E-state index contributed by atoms with van der Waals surface area (Å²) < 4.78 is 13.3. The predicted molar refractivity (Wildman–Crippen MR) is 118 cm³/mol. The zero-order chi connectivity index (χ0) is 22.0. The Hall–Kier alpha value is -2.28. The molecule has 4 rings (SSSR count). The predicted octanol–water partition coefficient (Wildman–Crippen LogP) is 3.53. The Bertz CT molecular complexity index is 933. The van der Waals surface area contributed by atoms with Gasteiger partial charge in [-0.25, -0.2) is 4.39 Å². The maximum atomic E-state index is 13.3. The second-order valence-electron chi connectivity index (χ2n) is 8.75. The van der Waals surface area contributed by atoms with E-state index in [0.29, 0.717) is 38.9 Å². The number of hydrogen-bond donors (Lipinski definition) is 2. The van der Waals surface area contributed by atoms with E-state index in [4.69, 9.17) is 0 Å². The van der Waals surface area contributed by atoms with Gasteiger partial charge in [0.25, 0.3) is 0 Å². The molecule has 0 saturated carbocycles. The minimum atomic E-state index is -0.962. The first-order valence-corrected chi connectivity index (χ1v) is 11.2. The van der Waals surface area contributed by atoms with Gasteiger partial charge < -0.3 is 20.0 Å². The van der Waals surface area contributed by atoms with E-state index in [1.165, 1.54) is 12.1 Å². The number of anilines is 1. The van der Waals surface area contributed by atoms with Crippen LogP contribution in [0.1, 0.15) is 55.4 Å². The third-order valence-electron chi connectivity index (χ3n) is 6.71. The van der Waals surface area contributed by atoms with E-state index in [2.05, 4.69) is 4.90 Å². The third kappa shape index (κ3) is 4.66. The standard InChI is InChI=1S/C25H31FN2O3/c1-2-24(30)28-14-10-18-16-19(4-9-22(18)28)23(29)17-27-13-3-11-25(31,12-15-27)20-5-7-21(26)8-6-20/h4-9,16,23,29,31H,2-3,10-15,17H2,1H3/t23-,25-/m1/s1. The van der Waals surface area contributed by atoms with Gasteiger partial charge in [0.2, 0.25) is 5.91 Å². The molecule has 6 heteroatoms. The Morgan fingerprint density at radius 1 is 1.13 bits per heavy atom. The fourth-order valence-electron chi connectivity index (χ4n) is 4.84. The lowest BCUT2D eigenvalue weighted by atomic mass is 9.87. The minimum Gasteiger partial charge on any atom is -0.387 e. The van der Waals surface area contributed by atoms with Crippen molar-refractivity contribution in [3.8, 4) is 0 Å². The van der Waals surface area contributed by atoms with Gasteiger partial charge in [-0.3, -0.25) is 4.79 Å². The summed E-state index contributed by atoms with van der Waals surface area (Å²) in [6.45, 7) is 4.53. The maximum Gasteiger partial charge on any atom is 0.226 e. The van der Waals surface area contributed by atoms with E-state index in [0.717, 1.165) is 41.8 Å². The highest BCUT2D eigenvalue weighted by atomic mass is 19.1. The second-order valence-corrected chi connectivity index (χ2v) is 8.75. The number of carbonyl (C=O) groups is 1. The quantitative estimate of drug-likeness (QED) is 0.768. The molecule has 0 unspecified atom stereocenters. The molecule has 0 spiro atoms. The summed E-state index contributed by atoms with van der Waals surface area (Å²) in [6, 6.07) is 12.0. The van der Waals surface area contributed by atoms with Gasteiger partial charge in [-0.15, -0.1) is 0 Å². The van der Waals surface area contributed by atoms with Gasteiger partial charge in [0.15, 0.2) is 0 Å². The number of amides is 1. The first-order valence-electron chi connectivity index (χ1n) is 11.2. The van der Waals surface area contributed by atoms with Crippen LogP contribution >= 0.6 is 0 Å². The van der Waals surface area contributed by atoms with Crippen molar-refractivity contribution in [1.82, 2.24) is 4.90 Å². The van der Waals surface area contributed by atoms with Crippen LogP contribution in [0.2, 0.25) is 0 Å². The van der Waals surface area contributed by atoms with Crippen LogP contribution < -0.4 is 4.90 Å². The van der Waals surface area contributed by atoms with Crippen LogP contribution in [0.4, 0.5) is 10.1 Å². The highest BCUT2D eigenvalue weighted by Crippen LogP contribution is 2.34. The highest BCUT2D eigenvalue weighted by Gasteiger charge is 2.32. The molecule has 0 radical (unpaired) electrons. The smallest absolute Gasteiger partial charge is 0.226 e. The van der Waals surface area contributed by atoms with Gasteiger partial charge in [0.1, 0.15) is 5.82 Å². The Balaban J connectivity index is 1.40. The lowest BCUT2D eigenvalue weighted by Gasteiger charge is -2.28. The summed E-state index contributed by atoms with van der Waals surface area (Å²) in [5.74, 6) is -0.174. The van der Waals surface area contributed by atoms with Crippen LogP contribution in [0, 0.1) is 5.82 Å². The van der Waals surface area contributed by atoms with Crippen molar-refractivity contribution in [2.75, 3.05) is 31.1 Å². The molecule has 2 aliphatic rings. The summed E-state index contributed by atoms with van der Waals surface area (Å²) in [6.07, 6.45) is 2.64. The number of nitrogens with zero attached hydrogens (tertiary/aromatic N) is 2. The van der Waals surface area contributed by atoms with Crippen molar-refractivity contribution in [3.63, 3.8) is 0 Å².